The molecule has 0 atom stereocenters. The smallest absolute Gasteiger partial charge is 0.270 e. The fourth-order valence-electron chi connectivity index (χ4n) is 2.60. The average Bonchev–Trinajstić information content (AvgIpc) is 2.85. The molecule has 0 aliphatic carbocycles. The first-order chi connectivity index (χ1) is 12.6. The second kappa shape index (κ2) is 7.85. The topological polar surface area (TPSA) is 122 Å². The van der Waals surface area contributed by atoms with E-state index in [1.54, 1.807) is 37.6 Å². The maximum atomic E-state index is 12.5. The van der Waals surface area contributed by atoms with E-state index in [4.69, 9.17) is 0 Å². The number of amides is 2. The number of nitro benzene ring substituents is 1. The van der Waals surface area contributed by atoms with Crippen molar-refractivity contribution < 1.29 is 14.5 Å². The maximum absolute atomic E-state index is 12.5. The Labute approximate surface area is 156 Å². The Bertz CT molecular complexity index is 903. The fraction of sp³-hybridized carbons (Fsp3) is 0.353. The number of nitrogens with zero attached hydrogens (tertiary/aromatic N) is 4. The summed E-state index contributed by atoms with van der Waals surface area (Å²) >= 11 is 0. The van der Waals surface area contributed by atoms with Crippen LogP contribution in [0.1, 0.15) is 21.7 Å². The highest BCUT2D eigenvalue weighted by Gasteiger charge is 2.19. The number of aromatic nitrogens is 2. The van der Waals surface area contributed by atoms with Crippen LogP contribution in [0.3, 0.4) is 0 Å². The number of benzene rings is 1. The molecule has 144 valence electrons. The molecule has 0 radical (unpaired) electrons. The zero-order chi connectivity index (χ0) is 20.3. The van der Waals surface area contributed by atoms with Crippen LogP contribution in [0.15, 0.2) is 18.2 Å². The second-order valence-corrected chi connectivity index (χ2v) is 6.25. The molecule has 0 aliphatic rings. The molecule has 27 heavy (non-hydrogen) atoms. The highest BCUT2D eigenvalue weighted by molar-refractivity contribution is 6.03. The molecule has 10 nitrogen and oxygen atoms in total. The second-order valence-electron chi connectivity index (χ2n) is 6.25. The van der Waals surface area contributed by atoms with Gasteiger partial charge in [0.2, 0.25) is 5.91 Å². The summed E-state index contributed by atoms with van der Waals surface area (Å²) in [5.41, 5.74) is 2.50. The molecule has 0 aliphatic heterocycles. The molecular weight excluding hydrogens is 352 g/mol. The van der Waals surface area contributed by atoms with Gasteiger partial charge in [0.1, 0.15) is 0 Å². The minimum Gasteiger partial charge on any atom is -0.377 e. The average molecular weight is 374 g/mol. The summed E-state index contributed by atoms with van der Waals surface area (Å²) in [5, 5.41) is 20.4. The minimum absolute atomic E-state index is 0.121. The Morgan fingerprint density at radius 1 is 1.30 bits per heavy atom. The first-order valence-corrected chi connectivity index (χ1v) is 8.15. The van der Waals surface area contributed by atoms with Crippen molar-refractivity contribution >= 4 is 28.9 Å². The van der Waals surface area contributed by atoms with Crippen LogP contribution in [0.2, 0.25) is 0 Å². The number of aryl methyl sites for hydroxylation is 2. The van der Waals surface area contributed by atoms with Gasteiger partial charge in [-0.3, -0.25) is 24.4 Å². The highest BCUT2D eigenvalue weighted by atomic mass is 16.6. The van der Waals surface area contributed by atoms with Crippen molar-refractivity contribution in [3.63, 3.8) is 0 Å². The molecule has 0 fully saturated rings. The third-order valence-electron chi connectivity index (χ3n) is 4.10. The zero-order valence-electron chi connectivity index (χ0n) is 15.9. The van der Waals surface area contributed by atoms with Gasteiger partial charge in [0, 0.05) is 39.0 Å². The molecule has 1 heterocycles. The summed E-state index contributed by atoms with van der Waals surface area (Å²) < 4.78 is 1.65. The fourth-order valence-corrected chi connectivity index (χ4v) is 2.60. The van der Waals surface area contributed by atoms with Crippen molar-refractivity contribution in [2.75, 3.05) is 30.9 Å². The van der Waals surface area contributed by atoms with E-state index in [-0.39, 0.29) is 17.8 Å². The molecule has 1 aromatic carbocycles. The van der Waals surface area contributed by atoms with E-state index in [0.717, 1.165) is 5.69 Å². The molecule has 0 saturated carbocycles. The van der Waals surface area contributed by atoms with Gasteiger partial charge in [-0.15, -0.1) is 0 Å². The molecule has 2 aromatic rings. The van der Waals surface area contributed by atoms with Crippen LogP contribution in [-0.4, -0.2) is 47.2 Å². The van der Waals surface area contributed by atoms with Crippen molar-refractivity contribution in [1.29, 1.82) is 0 Å². The van der Waals surface area contributed by atoms with Crippen LogP contribution < -0.4 is 15.5 Å². The molecule has 0 bridgehead atoms. The highest BCUT2D eigenvalue weighted by Crippen LogP contribution is 2.24. The van der Waals surface area contributed by atoms with Gasteiger partial charge in [0.25, 0.3) is 11.6 Å². The number of hydrogen-bond acceptors (Lipinski definition) is 6. The number of rotatable bonds is 6. The molecule has 2 rings (SSSR count). The van der Waals surface area contributed by atoms with E-state index in [1.807, 2.05) is 6.92 Å². The summed E-state index contributed by atoms with van der Waals surface area (Å²) in [4.78, 5) is 36.7. The lowest BCUT2D eigenvalue weighted by molar-refractivity contribution is -0.384. The minimum atomic E-state index is -0.573. The van der Waals surface area contributed by atoms with E-state index in [2.05, 4.69) is 15.7 Å². The van der Waals surface area contributed by atoms with Gasteiger partial charge >= 0.3 is 0 Å². The van der Waals surface area contributed by atoms with Gasteiger partial charge in [0.15, 0.2) is 0 Å². The Kier molecular flexibility index (Phi) is 5.78. The Morgan fingerprint density at radius 2 is 1.96 bits per heavy atom. The van der Waals surface area contributed by atoms with Gasteiger partial charge in [-0.25, -0.2) is 0 Å². The van der Waals surface area contributed by atoms with E-state index in [0.29, 0.717) is 17.1 Å². The van der Waals surface area contributed by atoms with E-state index in [1.165, 1.54) is 18.2 Å². The molecule has 0 unspecified atom stereocenters. The predicted octanol–water partition coefficient (Wildman–Crippen LogP) is 1.38. The largest absolute Gasteiger partial charge is 0.377 e. The molecule has 0 spiro atoms. The van der Waals surface area contributed by atoms with Gasteiger partial charge in [-0.05, 0) is 19.9 Å². The molecular formula is C17H22N6O4. The predicted molar refractivity (Wildman–Crippen MR) is 101 cm³/mol. The lowest BCUT2D eigenvalue weighted by Crippen LogP contribution is -2.33. The molecule has 2 amide bonds. The van der Waals surface area contributed by atoms with E-state index in [9.17, 15) is 19.7 Å². The van der Waals surface area contributed by atoms with Crippen LogP contribution in [0, 0.1) is 24.0 Å². The van der Waals surface area contributed by atoms with Crippen molar-refractivity contribution in [2.45, 2.75) is 13.8 Å². The number of nitrogens with one attached hydrogen (secondary N) is 2. The number of anilines is 2. The van der Waals surface area contributed by atoms with E-state index >= 15 is 0 Å². The quantitative estimate of drug-likeness (QED) is 0.582. The molecule has 0 saturated heterocycles. The van der Waals surface area contributed by atoms with Gasteiger partial charge in [-0.2, -0.15) is 5.10 Å². The van der Waals surface area contributed by atoms with Crippen molar-refractivity contribution in [1.82, 2.24) is 15.1 Å². The first kappa shape index (κ1) is 19.9. The van der Waals surface area contributed by atoms with Crippen LogP contribution in [0.4, 0.5) is 17.1 Å². The maximum Gasteiger partial charge on any atom is 0.270 e. The van der Waals surface area contributed by atoms with Gasteiger partial charge in [-0.1, -0.05) is 0 Å². The number of non-ortho nitro benzene ring substituents is 1. The van der Waals surface area contributed by atoms with Crippen LogP contribution in [0.5, 0.6) is 0 Å². The number of hydrogen-bond donors (Lipinski definition) is 2. The molecule has 10 heteroatoms. The Morgan fingerprint density at radius 3 is 2.48 bits per heavy atom. The van der Waals surface area contributed by atoms with Crippen LogP contribution in [0.25, 0.3) is 0 Å². The number of carbonyl (C=O) groups is 2. The van der Waals surface area contributed by atoms with Crippen molar-refractivity contribution in [2.24, 2.45) is 7.05 Å². The summed E-state index contributed by atoms with van der Waals surface area (Å²) in [7, 11) is 5.21. The lowest BCUT2D eigenvalue weighted by atomic mass is 10.1. The summed E-state index contributed by atoms with van der Waals surface area (Å²) in [6, 6.07) is 4.01. The standard InChI is InChI=1S/C17H22N6O4/c1-10-16(11(2)22(5)20-10)19-15(24)9-18-17(25)13-8-12(23(26)27)6-7-14(13)21(3)4/h6-8H,9H2,1-5H3,(H,18,25)(H,19,24). The monoisotopic (exact) mass is 374 g/mol. The van der Waals surface area contributed by atoms with Crippen molar-refractivity contribution in [3.8, 4) is 0 Å². The first-order valence-electron chi connectivity index (χ1n) is 8.15. The van der Waals surface area contributed by atoms with E-state index < -0.39 is 16.7 Å². The summed E-state index contributed by atoms with van der Waals surface area (Å²) in [5.74, 6) is -0.989. The zero-order valence-corrected chi connectivity index (χ0v) is 15.9. The normalized spacial score (nSPS) is 10.4. The summed E-state index contributed by atoms with van der Waals surface area (Å²) in [6.07, 6.45) is 0. The van der Waals surface area contributed by atoms with Crippen molar-refractivity contribution in [3.05, 3.63) is 45.3 Å². The van der Waals surface area contributed by atoms with Gasteiger partial charge < -0.3 is 15.5 Å². The third-order valence-corrected chi connectivity index (χ3v) is 4.10. The third kappa shape index (κ3) is 4.40. The SMILES string of the molecule is Cc1nn(C)c(C)c1NC(=O)CNC(=O)c1cc([N+](=O)[O-])ccc1N(C)C. The summed E-state index contributed by atoms with van der Waals surface area (Å²) in [6.45, 7) is 3.32. The molecule has 2 N–H and O–H groups in total. The number of nitro groups is 1. The lowest BCUT2D eigenvalue weighted by Gasteiger charge is -2.17. The Hall–Kier alpha value is -3.43. The number of carbonyl (C=O) groups excluding carboxylic acids is 2. The van der Waals surface area contributed by atoms with Crippen LogP contribution in [-0.2, 0) is 11.8 Å². The van der Waals surface area contributed by atoms with Crippen LogP contribution >= 0.6 is 0 Å². The molecule has 1 aromatic heterocycles. The van der Waals surface area contributed by atoms with Gasteiger partial charge in [0.05, 0.1) is 34.1 Å². The Balaban J connectivity index is 2.12.